The molecule has 2 rings (SSSR count). The number of rotatable bonds is 3. The van der Waals surface area contributed by atoms with Gasteiger partial charge in [-0.2, -0.15) is 0 Å². The van der Waals surface area contributed by atoms with Crippen LogP contribution in [0, 0.1) is 5.92 Å². The summed E-state index contributed by atoms with van der Waals surface area (Å²) in [5.74, 6) is 0.810. The minimum Gasteiger partial charge on any atom is -0.307 e. The highest BCUT2D eigenvalue weighted by Gasteiger charge is 2.33. The monoisotopic (exact) mass is 249 g/mol. The second-order valence-electron chi connectivity index (χ2n) is 3.99. The molecule has 0 aliphatic heterocycles. The Morgan fingerprint density at radius 1 is 1.57 bits per heavy atom. The Balaban J connectivity index is 2.03. The van der Waals surface area contributed by atoms with Crippen molar-refractivity contribution in [3.8, 4) is 0 Å². The average molecular weight is 250 g/mol. The van der Waals surface area contributed by atoms with Crippen molar-refractivity contribution in [2.45, 2.75) is 32.4 Å². The molecule has 78 valence electrons. The Bertz CT molecular complexity index is 337. The predicted molar refractivity (Wildman–Crippen MR) is 63.5 cm³/mol. The van der Waals surface area contributed by atoms with E-state index in [0.717, 1.165) is 20.2 Å². The average Bonchev–Trinajstić information content (AvgIpc) is 2.64. The topological polar surface area (TPSA) is 12.0 Å². The Morgan fingerprint density at radius 3 is 2.64 bits per heavy atom. The first kappa shape index (κ1) is 10.7. The Hall–Kier alpha value is 0.240. The van der Waals surface area contributed by atoms with Crippen molar-refractivity contribution in [2.24, 2.45) is 5.92 Å². The Morgan fingerprint density at radius 2 is 2.21 bits per heavy atom. The molecule has 1 aromatic heterocycles. The molecule has 0 radical (unpaired) electrons. The van der Waals surface area contributed by atoms with E-state index in [1.165, 1.54) is 17.8 Å². The predicted octanol–water partition coefficient (Wildman–Crippen LogP) is 4.11. The van der Waals surface area contributed by atoms with Crippen LogP contribution in [0.3, 0.4) is 0 Å². The first-order valence-electron chi connectivity index (χ1n) is 4.78. The molecule has 3 unspecified atom stereocenters. The highest BCUT2D eigenvalue weighted by molar-refractivity contribution is 7.20. The maximum Gasteiger partial charge on any atom is 0.0991 e. The van der Waals surface area contributed by atoms with E-state index >= 15 is 0 Å². The fourth-order valence-corrected chi connectivity index (χ4v) is 3.26. The van der Waals surface area contributed by atoms with Crippen molar-refractivity contribution in [1.82, 2.24) is 5.32 Å². The van der Waals surface area contributed by atoms with Crippen molar-refractivity contribution in [3.63, 3.8) is 0 Å². The molecule has 1 heterocycles. The van der Waals surface area contributed by atoms with Crippen LogP contribution in [-0.4, -0.2) is 6.04 Å². The molecule has 1 N–H and O–H groups in total. The molecule has 1 saturated carbocycles. The van der Waals surface area contributed by atoms with Gasteiger partial charge in [0.15, 0.2) is 0 Å². The molecule has 0 aromatic carbocycles. The highest BCUT2D eigenvalue weighted by Crippen LogP contribution is 2.37. The van der Waals surface area contributed by atoms with Crippen LogP contribution in [-0.2, 0) is 0 Å². The van der Waals surface area contributed by atoms with Gasteiger partial charge in [0.1, 0.15) is 0 Å². The van der Waals surface area contributed by atoms with Crippen LogP contribution < -0.4 is 5.32 Å². The minimum atomic E-state index is 0.307. The standard InChI is InChI=1S/C10H13Cl2NS/c1-5-3-8(5)13-6(2)7-4-9(11)14-10(7)12/h4-6,8,13H,3H2,1-2H3. The number of nitrogens with one attached hydrogen (secondary N) is 1. The van der Waals surface area contributed by atoms with Crippen LogP contribution in [0.5, 0.6) is 0 Å². The van der Waals surface area contributed by atoms with Crippen molar-refractivity contribution < 1.29 is 0 Å². The van der Waals surface area contributed by atoms with Crippen molar-refractivity contribution in [2.75, 3.05) is 0 Å². The molecule has 1 aliphatic rings. The van der Waals surface area contributed by atoms with Gasteiger partial charge >= 0.3 is 0 Å². The van der Waals surface area contributed by atoms with E-state index in [4.69, 9.17) is 23.2 Å². The van der Waals surface area contributed by atoms with E-state index in [0.29, 0.717) is 12.1 Å². The lowest BCUT2D eigenvalue weighted by molar-refractivity contribution is 0.553. The summed E-state index contributed by atoms with van der Waals surface area (Å²) in [4.78, 5) is 0. The van der Waals surface area contributed by atoms with Crippen LogP contribution in [0.15, 0.2) is 6.07 Å². The maximum atomic E-state index is 6.07. The van der Waals surface area contributed by atoms with Gasteiger partial charge < -0.3 is 5.32 Å². The molecule has 1 aromatic rings. The highest BCUT2D eigenvalue weighted by atomic mass is 35.5. The lowest BCUT2D eigenvalue weighted by Gasteiger charge is -2.12. The number of hydrogen-bond donors (Lipinski definition) is 1. The zero-order valence-corrected chi connectivity index (χ0v) is 10.5. The van der Waals surface area contributed by atoms with Gasteiger partial charge in [0.2, 0.25) is 0 Å². The second kappa shape index (κ2) is 4.01. The molecule has 0 amide bonds. The quantitative estimate of drug-likeness (QED) is 0.851. The summed E-state index contributed by atoms with van der Waals surface area (Å²) in [5.41, 5.74) is 1.13. The fraction of sp³-hybridized carbons (Fsp3) is 0.600. The molecule has 0 bridgehead atoms. The Kier molecular flexibility index (Phi) is 3.08. The molecule has 14 heavy (non-hydrogen) atoms. The summed E-state index contributed by atoms with van der Waals surface area (Å²) in [6, 6.07) is 2.93. The second-order valence-corrected chi connectivity index (χ2v) is 6.27. The summed E-state index contributed by atoms with van der Waals surface area (Å²) >= 11 is 13.4. The molecule has 1 fully saturated rings. The third kappa shape index (κ3) is 2.25. The van der Waals surface area contributed by atoms with Gasteiger partial charge in [-0.1, -0.05) is 30.1 Å². The first-order chi connectivity index (χ1) is 6.58. The molecule has 3 atom stereocenters. The molecular formula is C10H13Cl2NS. The number of halogens is 2. The van der Waals surface area contributed by atoms with Gasteiger partial charge in [-0.15, -0.1) is 11.3 Å². The van der Waals surface area contributed by atoms with E-state index in [1.807, 2.05) is 6.07 Å². The van der Waals surface area contributed by atoms with Gasteiger partial charge in [0.05, 0.1) is 8.67 Å². The fourth-order valence-electron chi connectivity index (χ4n) is 1.61. The summed E-state index contributed by atoms with van der Waals surface area (Å²) in [5, 5.41) is 3.54. The van der Waals surface area contributed by atoms with Crippen molar-refractivity contribution >= 4 is 34.5 Å². The van der Waals surface area contributed by atoms with Crippen LogP contribution >= 0.6 is 34.5 Å². The normalized spacial score (nSPS) is 27.7. The third-order valence-electron chi connectivity index (χ3n) is 2.72. The Labute approximate surface area is 98.4 Å². The molecule has 0 saturated heterocycles. The van der Waals surface area contributed by atoms with Gasteiger partial charge in [-0.05, 0) is 30.9 Å². The summed E-state index contributed by atoms with van der Waals surface area (Å²) in [7, 11) is 0. The number of thiophene rings is 1. The lowest BCUT2D eigenvalue weighted by atomic mass is 10.2. The van der Waals surface area contributed by atoms with E-state index < -0.39 is 0 Å². The molecule has 1 aliphatic carbocycles. The van der Waals surface area contributed by atoms with Gasteiger partial charge in [-0.3, -0.25) is 0 Å². The SMILES string of the molecule is CC(NC1CC1C)c1cc(Cl)sc1Cl. The maximum absolute atomic E-state index is 6.07. The van der Waals surface area contributed by atoms with Crippen LogP contribution in [0.4, 0.5) is 0 Å². The van der Waals surface area contributed by atoms with E-state index in [-0.39, 0.29) is 0 Å². The van der Waals surface area contributed by atoms with E-state index in [1.54, 1.807) is 0 Å². The smallest absolute Gasteiger partial charge is 0.0991 e. The van der Waals surface area contributed by atoms with Gasteiger partial charge in [0.25, 0.3) is 0 Å². The zero-order valence-electron chi connectivity index (χ0n) is 8.18. The van der Waals surface area contributed by atoms with Crippen molar-refractivity contribution in [3.05, 3.63) is 20.3 Å². The largest absolute Gasteiger partial charge is 0.307 e. The van der Waals surface area contributed by atoms with Crippen LogP contribution in [0.1, 0.15) is 31.9 Å². The van der Waals surface area contributed by atoms with E-state index in [9.17, 15) is 0 Å². The van der Waals surface area contributed by atoms with Gasteiger partial charge in [0, 0.05) is 12.1 Å². The summed E-state index contributed by atoms with van der Waals surface area (Å²) < 4.78 is 1.57. The van der Waals surface area contributed by atoms with Crippen molar-refractivity contribution in [1.29, 1.82) is 0 Å². The molecular weight excluding hydrogens is 237 g/mol. The minimum absolute atomic E-state index is 0.307. The molecule has 1 nitrogen and oxygen atoms in total. The lowest BCUT2D eigenvalue weighted by Crippen LogP contribution is -2.21. The summed E-state index contributed by atoms with van der Waals surface area (Å²) in [6.07, 6.45) is 1.28. The summed E-state index contributed by atoms with van der Waals surface area (Å²) in [6.45, 7) is 4.39. The zero-order chi connectivity index (χ0) is 10.3. The van der Waals surface area contributed by atoms with Crippen LogP contribution in [0.25, 0.3) is 0 Å². The molecule has 4 heteroatoms. The molecule has 0 spiro atoms. The van der Waals surface area contributed by atoms with E-state index in [2.05, 4.69) is 19.2 Å². The first-order valence-corrected chi connectivity index (χ1v) is 6.36. The number of hydrogen-bond acceptors (Lipinski definition) is 2. The third-order valence-corrected chi connectivity index (χ3v) is 4.24. The van der Waals surface area contributed by atoms with Crippen LogP contribution in [0.2, 0.25) is 8.67 Å². The van der Waals surface area contributed by atoms with Gasteiger partial charge in [-0.25, -0.2) is 0 Å².